The molecular weight excluding hydrogens is 362 g/mol. The molecule has 0 bridgehead atoms. The van der Waals surface area contributed by atoms with Crippen LogP contribution in [0.15, 0.2) is 73.3 Å². The third-order valence-electron chi connectivity index (χ3n) is 4.58. The van der Waals surface area contributed by atoms with Crippen molar-refractivity contribution in [1.29, 1.82) is 0 Å². The van der Waals surface area contributed by atoms with Crippen LogP contribution in [0.1, 0.15) is 31.8 Å². The number of benzene rings is 3. The number of hydrogen-bond donors (Lipinski definition) is 3. The minimum atomic E-state index is -0.235. The zero-order chi connectivity index (χ0) is 20.8. The highest BCUT2D eigenvalue weighted by Gasteiger charge is 2.11. The number of nitrogens with one attached hydrogen (secondary N) is 3. The van der Waals surface area contributed by atoms with Gasteiger partial charge in [0.15, 0.2) is 0 Å². The highest BCUT2D eigenvalue weighted by atomic mass is 16.2. The molecule has 0 saturated heterocycles. The average Bonchev–Trinajstić information content (AvgIpc) is 2.76. The summed E-state index contributed by atoms with van der Waals surface area (Å²) < 4.78 is 0. The standard InChI is InChI=1S/C24H23N3O2/c1-4-17-11-12-19(14-22(17)25-3)24(29)26-20-13-10-16(2)21(15-20)27-23(28)18-8-6-5-7-9-18/h4-15,25H,1H2,2-3H3,(H,26,29)(H,27,28). The molecule has 29 heavy (non-hydrogen) atoms. The number of carbonyl (C=O) groups excluding carboxylic acids is 2. The van der Waals surface area contributed by atoms with Crippen molar-refractivity contribution in [3.8, 4) is 0 Å². The first kappa shape index (κ1) is 19.9. The molecule has 0 saturated carbocycles. The minimum Gasteiger partial charge on any atom is -0.388 e. The maximum Gasteiger partial charge on any atom is 0.255 e. The molecule has 0 unspecified atom stereocenters. The van der Waals surface area contributed by atoms with E-state index in [-0.39, 0.29) is 11.8 Å². The Kier molecular flexibility index (Phi) is 6.09. The molecule has 0 spiro atoms. The quantitative estimate of drug-likeness (QED) is 0.547. The van der Waals surface area contributed by atoms with Crippen molar-refractivity contribution in [2.45, 2.75) is 6.92 Å². The lowest BCUT2D eigenvalue weighted by Crippen LogP contribution is -2.15. The van der Waals surface area contributed by atoms with Gasteiger partial charge in [0, 0.05) is 35.2 Å². The Labute approximate surface area is 170 Å². The van der Waals surface area contributed by atoms with Crippen molar-refractivity contribution in [2.75, 3.05) is 23.0 Å². The Bertz CT molecular complexity index is 1060. The molecule has 0 atom stereocenters. The van der Waals surface area contributed by atoms with E-state index in [2.05, 4.69) is 22.5 Å². The summed E-state index contributed by atoms with van der Waals surface area (Å²) in [6.07, 6.45) is 1.73. The lowest BCUT2D eigenvalue weighted by atomic mass is 10.1. The highest BCUT2D eigenvalue weighted by Crippen LogP contribution is 2.23. The number of hydrogen-bond acceptors (Lipinski definition) is 3. The van der Waals surface area contributed by atoms with Crippen LogP contribution in [0.3, 0.4) is 0 Å². The van der Waals surface area contributed by atoms with E-state index in [0.29, 0.717) is 22.5 Å². The summed E-state index contributed by atoms with van der Waals surface area (Å²) in [4.78, 5) is 25.1. The van der Waals surface area contributed by atoms with Crippen molar-refractivity contribution >= 4 is 35.0 Å². The SMILES string of the molecule is C=Cc1ccc(C(=O)Nc2ccc(C)c(NC(=O)c3ccccc3)c2)cc1NC. The lowest BCUT2D eigenvalue weighted by molar-refractivity contribution is 0.101. The first-order valence-electron chi connectivity index (χ1n) is 9.24. The van der Waals surface area contributed by atoms with Crippen molar-refractivity contribution < 1.29 is 9.59 Å². The van der Waals surface area contributed by atoms with E-state index in [9.17, 15) is 9.59 Å². The number of anilines is 3. The van der Waals surface area contributed by atoms with E-state index in [0.717, 1.165) is 16.8 Å². The van der Waals surface area contributed by atoms with Crippen molar-refractivity contribution in [3.63, 3.8) is 0 Å². The van der Waals surface area contributed by atoms with Gasteiger partial charge in [-0.05, 0) is 54.4 Å². The van der Waals surface area contributed by atoms with Crippen molar-refractivity contribution in [2.24, 2.45) is 0 Å². The summed E-state index contributed by atoms with van der Waals surface area (Å²) in [6.45, 7) is 5.67. The Morgan fingerprint density at radius 3 is 2.24 bits per heavy atom. The summed E-state index contributed by atoms with van der Waals surface area (Å²) in [6, 6.07) is 19.8. The molecule has 0 aliphatic rings. The third-order valence-corrected chi connectivity index (χ3v) is 4.58. The summed E-state index contributed by atoms with van der Waals surface area (Å²) in [5.74, 6) is -0.433. The lowest BCUT2D eigenvalue weighted by Gasteiger charge is -2.13. The van der Waals surface area contributed by atoms with Crippen molar-refractivity contribution in [3.05, 3.63) is 95.6 Å². The van der Waals surface area contributed by atoms with E-state index in [1.165, 1.54) is 0 Å². The van der Waals surface area contributed by atoms with Crippen molar-refractivity contribution in [1.82, 2.24) is 0 Å². The molecule has 0 fully saturated rings. The molecule has 146 valence electrons. The topological polar surface area (TPSA) is 70.2 Å². The smallest absolute Gasteiger partial charge is 0.255 e. The van der Waals surface area contributed by atoms with Gasteiger partial charge in [-0.2, -0.15) is 0 Å². The van der Waals surface area contributed by atoms with E-state index >= 15 is 0 Å². The van der Waals surface area contributed by atoms with Gasteiger partial charge < -0.3 is 16.0 Å². The zero-order valence-corrected chi connectivity index (χ0v) is 16.5. The van der Waals surface area contributed by atoms with E-state index in [4.69, 9.17) is 0 Å². The largest absolute Gasteiger partial charge is 0.388 e. The second-order valence-electron chi connectivity index (χ2n) is 6.56. The molecule has 5 heteroatoms. The Morgan fingerprint density at radius 2 is 1.55 bits per heavy atom. The summed E-state index contributed by atoms with van der Waals surface area (Å²) in [7, 11) is 1.80. The van der Waals surface area contributed by atoms with Gasteiger partial charge in [0.1, 0.15) is 0 Å². The van der Waals surface area contributed by atoms with Crippen LogP contribution in [0.25, 0.3) is 6.08 Å². The van der Waals surface area contributed by atoms with Gasteiger partial charge in [-0.1, -0.05) is 43.0 Å². The second-order valence-corrected chi connectivity index (χ2v) is 6.56. The van der Waals surface area contributed by atoms with E-state index < -0.39 is 0 Å². The van der Waals surface area contributed by atoms with Gasteiger partial charge in [-0.3, -0.25) is 9.59 Å². The second kappa shape index (κ2) is 8.89. The Balaban J connectivity index is 1.78. The molecule has 3 aromatic rings. The fourth-order valence-electron chi connectivity index (χ4n) is 2.91. The first-order valence-corrected chi connectivity index (χ1v) is 9.24. The predicted molar refractivity (Wildman–Crippen MR) is 120 cm³/mol. The highest BCUT2D eigenvalue weighted by molar-refractivity contribution is 6.07. The van der Waals surface area contributed by atoms with Crippen LogP contribution in [0.4, 0.5) is 17.1 Å². The fraction of sp³-hybridized carbons (Fsp3) is 0.0833. The zero-order valence-electron chi connectivity index (χ0n) is 16.5. The fourth-order valence-corrected chi connectivity index (χ4v) is 2.91. The molecule has 0 radical (unpaired) electrons. The maximum absolute atomic E-state index is 12.7. The molecule has 5 nitrogen and oxygen atoms in total. The minimum absolute atomic E-state index is 0.198. The van der Waals surface area contributed by atoms with E-state index in [1.54, 1.807) is 43.5 Å². The van der Waals surface area contributed by atoms with Crippen LogP contribution in [0.5, 0.6) is 0 Å². The Hall–Kier alpha value is -3.86. The predicted octanol–water partition coefficient (Wildman–Crippen LogP) is 5.18. The molecule has 3 rings (SSSR count). The van der Waals surface area contributed by atoms with Crippen LogP contribution >= 0.6 is 0 Å². The van der Waals surface area contributed by atoms with Crippen LogP contribution < -0.4 is 16.0 Å². The van der Waals surface area contributed by atoms with Crippen LogP contribution in [-0.2, 0) is 0 Å². The number of carbonyl (C=O) groups is 2. The molecule has 2 amide bonds. The average molecular weight is 385 g/mol. The van der Waals surface area contributed by atoms with Crippen LogP contribution in [0, 0.1) is 6.92 Å². The summed E-state index contributed by atoms with van der Waals surface area (Å²) in [5, 5.41) is 8.85. The summed E-state index contributed by atoms with van der Waals surface area (Å²) in [5.41, 5.74) is 4.99. The number of aryl methyl sites for hydroxylation is 1. The first-order chi connectivity index (χ1) is 14.0. The molecule has 3 N–H and O–H groups in total. The van der Waals surface area contributed by atoms with Gasteiger partial charge in [0.25, 0.3) is 11.8 Å². The molecular formula is C24H23N3O2. The third kappa shape index (κ3) is 4.71. The van der Waals surface area contributed by atoms with Crippen LogP contribution in [-0.4, -0.2) is 18.9 Å². The van der Waals surface area contributed by atoms with Gasteiger partial charge >= 0.3 is 0 Å². The molecule has 0 aromatic heterocycles. The number of amides is 2. The van der Waals surface area contributed by atoms with Gasteiger partial charge in [-0.25, -0.2) is 0 Å². The van der Waals surface area contributed by atoms with E-state index in [1.807, 2.05) is 43.3 Å². The van der Waals surface area contributed by atoms with Gasteiger partial charge in [0.2, 0.25) is 0 Å². The molecule has 0 aliphatic heterocycles. The normalized spacial score (nSPS) is 10.1. The number of rotatable bonds is 6. The maximum atomic E-state index is 12.7. The van der Waals surface area contributed by atoms with Gasteiger partial charge in [0.05, 0.1) is 0 Å². The molecule has 3 aromatic carbocycles. The monoisotopic (exact) mass is 385 g/mol. The van der Waals surface area contributed by atoms with Gasteiger partial charge in [-0.15, -0.1) is 0 Å². The summed E-state index contributed by atoms with van der Waals surface area (Å²) >= 11 is 0. The molecule has 0 heterocycles. The molecule has 0 aliphatic carbocycles. The Morgan fingerprint density at radius 1 is 0.828 bits per heavy atom. The van der Waals surface area contributed by atoms with Crippen LogP contribution in [0.2, 0.25) is 0 Å².